The number of piperidine rings is 1. The van der Waals surface area contributed by atoms with Crippen LogP contribution in [0, 0.1) is 5.92 Å². The van der Waals surface area contributed by atoms with Crippen molar-refractivity contribution in [2.75, 3.05) is 11.4 Å². The molecule has 0 radical (unpaired) electrons. The third kappa shape index (κ3) is 2.66. The molecule has 1 saturated heterocycles. The van der Waals surface area contributed by atoms with Gasteiger partial charge in [-0.15, -0.1) is 5.10 Å². The van der Waals surface area contributed by atoms with Gasteiger partial charge >= 0.3 is 6.01 Å². The molecule has 1 aromatic heterocycles. The van der Waals surface area contributed by atoms with E-state index in [0.29, 0.717) is 30.5 Å². The number of hydrogen-bond acceptors (Lipinski definition) is 5. The molecule has 3 rings (SSSR count). The summed E-state index contributed by atoms with van der Waals surface area (Å²) < 4.78 is 5.75. The zero-order valence-electron chi connectivity index (χ0n) is 11.2. The van der Waals surface area contributed by atoms with E-state index in [0.717, 1.165) is 12.5 Å². The van der Waals surface area contributed by atoms with Gasteiger partial charge in [-0.1, -0.05) is 12.0 Å². The van der Waals surface area contributed by atoms with Crippen molar-refractivity contribution in [1.29, 1.82) is 0 Å². The molecule has 0 spiro atoms. The van der Waals surface area contributed by atoms with Crippen molar-refractivity contribution < 1.29 is 4.42 Å². The summed E-state index contributed by atoms with van der Waals surface area (Å²) in [7, 11) is 0. The molecule has 18 heavy (non-hydrogen) atoms. The Labute approximate surface area is 108 Å². The Morgan fingerprint density at radius 3 is 2.83 bits per heavy atom. The zero-order valence-corrected chi connectivity index (χ0v) is 11.2. The lowest BCUT2D eigenvalue weighted by Gasteiger charge is -2.34. The fraction of sp³-hybridized carbons (Fsp3) is 0.846. The highest BCUT2D eigenvalue weighted by Crippen LogP contribution is 2.27. The van der Waals surface area contributed by atoms with Gasteiger partial charge < -0.3 is 14.6 Å². The van der Waals surface area contributed by atoms with E-state index in [1.165, 1.54) is 25.7 Å². The molecule has 1 N–H and O–H groups in total. The van der Waals surface area contributed by atoms with Crippen LogP contribution in [0.3, 0.4) is 0 Å². The molecule has 0 bridgehead atoms. The van der Waals surface area contributed by atoms with Gasteiger partial charge in [0.25, 0.3) is 0 Å². The van der Waals surface area contributed by atoms with Gasteiger partial charge in [0.1, 0.15) is 0 Å². The highest BCUT2D eigenvalue weighted by atomic mass is 16.4. The van der Waals surface area contributed by atoms with Crippen molar-refractivity contribution in [3.05, 3.63) is 5.89 Å². The molecular weight excluding hydrogens is 228 g/mol. The van der Waals surface area contributed by atoms with E-state index in [4.69, 9.17) is 4.42 Å². The molecule has 5 heteroatoms. The van der Waals surface area contributed by atoms with Gasteiger partial charge in [0, 0.05) is 18.6 Å². The molecular formula is C13H22N4O. The summed E-state index contributed by atoms with van der Waals surface area (Å²) in [5.41, 5.74) is 0. The predicted octanol–water partition coefficient (Wildman–Crippen LogP) is 1.95. The quantitative estimate of drug-likeness (QED) is 0.885. The Bertz CT molecular complexity index is 401. The molecule has 5 nitrogen and oxygen atoms in total. The van der Waals surface area contributed by atoms with Crippen LogP contribution in [0.2, 0.25) is 0 Å². The lowest BCUT2D eigenvalue weighted by atomic mass is 9.94. The van der Waals surface area contributed by atoms with E-state index < -0.39 is 0 Å². The Morgan fingerprint density at radius 2 is 2.11 bits per heavy atom. The largest absolute Gasteiger partial charge is 0.407 e. The molecule has 1 aromatic rings. The SMILES string of the molecule is CC1CCN(c2nnc(CNC3CC3)o2)C(C)C1. The van der Waals surface area contributed by atoms with Gasteiger partial charge in [0.15, 0.2) is 0 Å². The standard InChI is InChI=1S/C13H22N4O/c1-9-5-6-17(10(2)7-9)13-16-15-12(18-13)8-14-11-3-4-11/h9-11,14H,3-8H2,1-2H3. The first-order chi connectivity index (χ1) is 8.72. The molecule has 100 valence electrons. The van der Waals surface area contributed by atoms with Crippen LogP contribution in [0.5, 0.6) is 0 Å². The van der Waals surface area contributed by atoms with Gasteiger partial charge in [-0.05, 0) is 38.5 Å². The molecule has 2 atom stereocenters. The van der Waals surface area contributed by atoms with Crippen LogP contribution in [-0.4, -0.2) is 28.8 Å². The number of aromatic nitrogens is 2. The van der Waals surface area contributed by atoms with Crippen LogP contribution in [0.1, 0.15) is 45.4 Å². The van der Waals surface area contributed by atoms with E-state index >= 15 is 0 Å². The topological polar surface area (TPSA) is 54.2 Å². The summed E-state index contributed by atoms with van der Waals surface area (Å²) in [5, 5.41) is 11.7. The molecule has 0 aromatic carbocycles. The Balaban J connectivity index is 1.60. The third-order valence-corrected chi connectivity index (χ3v) is 3.96. The fourth-order valence-electron chi connectivity index (χ4n) is 2.64. The maximum atomic E-state index is 5.75. The minimum absolute atomic E-state index is 0.499. The summed E-state index contributed by atoms with van der Waals surface area (Å²) in [6, 6.07) is 1.87. The van der Waals surface area contributed by atoms with E-state index in [1.807, 2.05) is 0 Å². The van der Waals surface area contributed by atoms with Gasteiger partial charge in [-0.2, -0.15) is 0 Å². The summed E-state index contributed by atoms with van der Waals surface area (Å²) in [6.45, 7) is 6.28. The number of hydrogen-bond donors (Lipinski definition) is 1. The van der Waals surface area contributed by atoms with Gasteiger partial charge in [0.05, 0.1) is 6.54 Å². The van der Waals surface area contributed by atoms with E-state index in [1.54, 1.807) is 0 Å². The second kappa shape index (κ2) is 4.88. The maximum absolute atomic E-state index is 5.75. The Kier molecular flexibility index (Phi) is 3.24. The van der Waals surface area contributed by atoms with Crippen LogP contribution in [-0.2, 0) is 6.54 Å². The number of rotatable bonds is 4. The molecule has 2 fully saturated rings. The summed E-state index contributed by atoms with van der Waals surface area (Å²) in [4.78, 5) is 2.24. The molecule has 2 aliphatic rings. The molecule has 1 saturated carbocycles. The lowest BCUT2D eigenvalue weighted by molar-refractivity contribution is 0.352. The zero-order chi connectivity index (χ0) is 12.5. The smallest absolute Gasteiger partial charge is 0.318 e. The number of anilines is 1. The second-order valence-electron chi connectivity index (χ2n) is 5.81. The van der Waals surface area contributed by atoms with Crippen LogP contribution < -0.4 is 10.2 Å². The second-order valence-corrected chi connectivity index (χ2v) is 5.81. The monoisotopic (exact) mass is 250 g/mol. The average molecular weight is 250 g/mol. The number of nitrogens with zero attached hydrogens (tertiary/aromatic N) is 3. The first kappa shape index (κ1) is 12.0. The van der Waals surface area contributed by atoms with Gasteiger partial charge in [-0.25, -0.2) is 0 Å². The lowest BCUT2D eigenvalue weighted by Crippen LogP contribution is -2.40. The van der Waals surface area contributed by atoms with Crippen molar-refractivity contribution in [1.82, 2.24) is 15.5 Å². The molecule has 1 aliphatic heterocycles. The van der Waals surface area contributed by atoms with Crippen molar-refractivity contribution in [2.45, 2.75) is 58.2 Å². The minimum Gasteiger partial charge on any atom is -0.407 e. The van der Waals surface area contributed by atoms with Crippen molar-refractivity contribution in [3.8, 4) is 0 Å². The van der Waals surface area contributed by atoms with Gasteiger partial charge in [0.2, 0.25) is 5.89 Å². The molecule has 2 unspecified atom stereocenters. The highest BCUT2D eigenvalue weighted by molar-refractivity contribution is 5.27. The minimum atomic E-state index is 0.499. The summed E-state index contributed by atoms with van der Waals surface area (Å²) in [5.74, 6) is 1.51. The normalized spacial score (nSPS) is 28.7. The van der Waals surface area contributed by atoms with Gasteiger partial charge in [-0.3, -0.25) is 0 Å². The Hall–Kier alpha value is -1.10. The predicted molar refractivity (Wildman–Crippen MR) is 69.4 cm³/mol. The van der Waals surface area contributed by atoms with Crippen molar-refractivity contribution in [2.24, 2.45) is 5.92 Å². The third-order valence-electron chi connectivity index (χ3n) is 3.96. The summed E-state index contributed by atoms with van der Waals surface area (Å²) >= 11 is 0. The Morgan fingerprint density at radius 1 is 1.28 bits per heavy atom. The summed E-state index contributed by atoms with van der Waals surface area (Å²) in [6.07, 6.45) is 4.98. The van der Waals surface area contributed by atoms with Crippen molar-refractivity contribution in [3.63, 3.8) is 0 Å². The molecule has 1 aliphatic carbocycles. The van der Waals surface area contributed by atoms with Crippen LogP contribution in [0.4, 0.5) is 6.01 Å². The first-order valence-corrected chi connectivity index (χ1v) is 7.05. The van der Waals surface area contributed by atoms with E-state index in [-0.39, 0.29) is 0 Å². The van der Waals surface area contributed by atoms with Crippen molar-refractivity contribution >= 4 is 6.01 Å². The van der Waals surface area contributed by atoms with Crippen LogP contribution in [0.15, 0.2) is 4.42 Å². The van der Waals surface area contributed by atoms with E-state index in [9.17, 15) is 0 Å². The highest BCUT2D eigenvalue weighted by Gasteiger charge is 2.27. The maximum Gasteiger partial charge on any atom is 0.318 e. The van der Waals surface area contributed by atoms with E-state index in [2.05, 4.69) is 34.3 Å². The van der Waals surface area contributed by atoms with Crippen LogP contribution >= 0.6 is 0 Å². The fourth-order valence-corrected chi connectivity index (χ4v) is 2.64. The molecule has 0 amide bonds. The average Bonchev–Trinajstić information content (AvgIpc) is 3.05. The number of nitrogens with one attached hydrogen (secondary N) is 1. The first-order valence-electron chi connectivity index (χ1n) is 7.05. The molecule has 2 heterocycles. The van der Waals surface area contributed by atoms with Crippen LogP contribution in [0.25, 0.3) is 0 Å².